The highest BCUT2D eigenvalue weighted by molar-refractivity contribution is 5.92. The van der Waals surface area contributed by atoms with E-state index in [4.69, 9.17) is 9.47 Å². The quantitative estimate of drug-likeness (QED) is 0.452. The van der Waals surface area contributed by atoms with E-state index in [0.717, 1.165) is 31.6 Å². The van der Waals surface area contributed by atoms with E-state index in [9.17, 15) is 4.79 Å². The Morgan fingerprint density at radius 1 is 1.26 bits per heavy atom. The molecule has 1 unspecified atom stereocenters. The molecule has 0 amide bonds. The van der Waals surface area contributed by atoms with E-state index in [-0.39, 0.29) is 11.7 Å². The van der Waals surface area contributed by atoms with Crippen LogP contribution in [-0.2, 0) is 14.3 Å². The molecule has 0 saturated carbocycles. The molecule has 0 aromatic carbocycles. The van der Waals surface area contributed by atoms with Crippen molar-refractivity contribution in [1.82, 2.24) is 4.90 Å². The van der Waals surface area contributed by atoms with Crippen molar-refractivity contribution in [1.29, 1.82) is 0 Å². The van der Waals surface area contributed by atoms with Gasteiger partial charge in [-0.05, 0) is 13.3 Å². The van der Waals surface area contributed by atoms with Crippen LogP contribution in [0.4, 0.5) is 0 Å². The van der Waals surface area contributed by atoms with Crippen molar-refractivity contribution in [2.75, 3.05) is 33.4 Å². The zero-order valence-corrected chi connectivity index (χ0v) is 15.7. The van der Waals surface area contributed by atoms with Crippen molar-refractivity contribution in [3.8, 4) is 0 Å². The number of unbranched alkanes of at least 4 members (excludes halogenated alkanes) is 3. The van der Waals surface area contributed by atoms with Gasteiger partial charge in [0.25, 0.3) is 0 Å². The van der Waals surface area contributed by atoms with Crippen LogP contribution in [0.5, 0.6) is 0 Å². The number of carbonyl (C=O) groups excluding carboxylic acids is 1. The van der Waals surface area contributed by atoms with E-state index in [1.165, 1.54) is 19.3 Å². The summed E-state index contributed by atoms with van der Waals surface area (Å²) in [6.07, 6.45) is 7.57. The van der Waals surface area contributed by atoms with Gasteiger partial charge < -0.3 is 14.4 Å². The predicted molar refractivity (Wildman–Crippen MR) is 94.5 cm³/mol. The number of hydrogen-bond acceptors (Lipinski definition) is 4. The Hall–Kier alpha value is -0.870. The van der Waals surface area contributed by atoms with Crippen LogP contribution in [-0.4, -0.2) is 49.7 Å². The van der Waals surface area contributed by atoms with Crippen molar-refractivity contribution in [3.63, 3.8) is 0 Å². The first kappa shape index (κ1) is 20.2. The van der Waals surface area contributed by atoms with E-state index in [1.807, 2.05) is 19.9 Å². The molecule has 1 saturated heterocycles. The topological polar surface area (TPSA) is 38.8 Å². The van der Waals surface area contributed by atoms with Gasteiger partial charge in [0.15, 0.2) is 5.78 Å². The highest BCUT2D eigenvalue weighted by atomic mass is 16.5. The van der Waals surface area contributed by atoms with Crippen LogP contribution >= 0.6 is 0 Å². The van der Waals surface area contributed by atoms with Gasteiger partial charge in [-0.2, -0.15) is 0 Å². The van der Waals surface area contributed by atoms with Crippen molar-refractivity contribution in [2.45, 2.75) is 65.4 Å². The third-order valence-electron chi connectivity index (χ3n) is 4.70. The number of hydrogen-bond donors (Lipinski definition) is 0. The summed E-state index contributed by atoms with van der Waals surface area (Å²) in [6.45, 7) is 11.3. The molecule has 1 atom stereocenters. The van der Waals surface area contributed by atoms with Gasteiger partial charge in [-0.1, -0.05) is 46.5 Å². The van der Waals surface area contributed by atoms with Gasteiger partial charge in [-0.25, -0.2) is 0 Å². The normalized spacial score (nSPS) is 19.0. The van der Waals surface area contributed by atoms with E-state index in [1.54, 1.807) is 7.11 Å². The van der Waals surface area contributed by atoms with Gasteiger partial charge >= 0.3 is 0 Å². The number of rotatable bonds is 10. The van der Waals surface area contributed by atoms with Crippen LogP contribution in [0.25, 0.3) is 0 Å². The van der Waals surface area contributed by atoms with Gasteiger partial charge in [-0.3, -0.25) is 4.79 Å². The molecule has 0 aromatic rings. The zero-order valence-electron chi connectivity index (χ0n) is 15.7. The number of allylic oxidation sites excluding steroid dienone is 1. The van der Waals surface area contributed by atoms with Gasteiger partial charge in [0.2, 0.25) is 0 Å². The summed E-state index contributed by atoms with van der Waals surface area (Å²) in [5.41, 5.74) is 0.619. The molecule has 4 heteroatoms. The lowest BCUT2D eigenvalue weighted by Gasteiger charge is -2.40. The maximum atomic E-state index is 12.3. The Kier molecular flexibility index (Phi) is 8.85. The molecule has 1 aliphatic rings. The molecule has 0 spiro atoms. The molecule has 0 bridgehead atoms. The molecule has 1 aliphatic heterocycles. The zero-order chi connectivity index (χ0) is 17.3. The summed E-state index contributed by atoms with van der Waals surface area (Å²) in [5, 5.41) is 0. The lowest BCUT2D eigenvalue weighted by Crippen LogP contribution is -2.45. The average molecular weight is 325 g/mol. The molecule has 1 heterocycles. The SMILES string of the molecule is CCCCCCC(C)(OC)C(=CC(=O)C(C)C)N1CCOCC1. The summed E-state index contributed by atoms with van der Waals surface area (Å²) in [6, 6.07) is 0. The van der Waals surface area contributed by atoms with Gasteiger partial charge in [0.1, 0.15) is 5.60 Å². The molecule has 1 rings (SSSR count). The number of morpholine rings is 1. The van der Waals surface area contributed by atoms with Crippen molar-refractivity contribution < 1.29 is 14.3 Å². The first-order valence-electron chi connectivity index (χ1n) is 9.08. The Labute approximate surface area is 142 Å². The summed E-state index contributed by atoms with van der Waals surface area (Å²) >= 11 is 0. The second-order valence-electron chi connectivity index (χ2n) is 6.93. The fraction of sp³-hybridized carbons (Fsp3) is 0.842. The molecular weight excluding hydrogens is 290 g/mol. The van der Waals surface area contributed by atoms with Crippen molar-refractivity contribution >= 4 is 5.78 Å². The maximum absolute atomic E-state index is 12.3. The number of methoxy groups -OCH3 is 1. The molecule has 1 fully saturated rings. The van der Waals surface area contributed by atoms with Crippen LogP contribution in [0.3, 0.4) is 0 Å². The molecule has 0 aromatic heterocycles. The van der Waals surface area contributed by atoms with Gasteiger partial charge in [0, 0.05) is 37.9 Å². The number of ketones is 1. The molecule has 4 nitrogen and oxygen atoms in total. The van der Waals surface area contributed by atoms with E-state index in [0.29, 0.717) is 13.2 Å². The standard InChI is InChI=1S/C19H35NO3/c1-6-7-8-9-10-19(4,22-5)18(15-17(21)16(2)3)20-11-13-23-14-12-20/h15-16H,6-14H2,1-5H3. The fourth-order valence-corrected chi connectivity index (χ4v) is 2.91. The first-order chi connectivity index (χ1) is 10.9. The van der Waals surface area contributed by atoms with Crippen LogP contribution < -0.4 is 0 Å². The molecular formula is C19H35NO3. The Morgan fingerprint density at radius 3 is 2.43 bits per heavy atom. The second-order valence-corrected chi connectivity index (χ2v) is 6.93. The van der Waals surface area contributed by atoms with Crippen molar-refractivity contribution in [2.24, 2.45) is 5.92 Å². The number of carbonyl (C=O) groups is 1. The monoisotopic (exact) mass is 325 g/mol. The van der Waals surface area contributed by atoms with Crippen LogP contribution in [0.2, 0.25) is 0 Å². The predicted octanol–water partition coefficient (Wildman–Crippen LogP) is 3.80. The average Bonchev–Trinajstić information content (AvgIpc) is 2.56. The summed E-state index contributed by atoms with van der Waals surface area (Å²) < 4.78 is 11.4. The van der Waals surface area contributed by atoms with Crippen LogP contribution in [0.15, 0.2) is 11.8 Å². The lowest BCUT2D eigenvalue weighted by atomic mass is 9.90. The summed E-state index contributed by atoms with van der Waals surface area (Å²) in [4.78, 5) is 14.6. The van der Waals surface area contributed by atoms with E-state index >= 15 is 0 Å². The minimum Gasteiger partial charge on any atom is -0.378 e. The minimum atomic E-state index is -0.407. The Bertz CT molecular complexity index is 386. The Morgan fingerprint density at radius 2 is 1.91 bits per heavy atom. The van der Waals surface area contributed by atoms with Gasteiger partial charge in [-0.15, -0.1) is 0 Å². The molecule has 23 heavy (non-hydrogen) atoms. The Balaban J connectivity index is 2.95. The number of nitrogens with zero attached hydrogens (tertiary/aromatic N) is 1. The molecule has 0 radical (unpaired) electrons. The summed E-state index contributed by atoms with van der Waals surface area (Å²) in [5.74, 6) is 0.176. The second kappa shape index (κ2) is 10.1. The maximum Gasteiger partial charge on any atom is 0.160 e. The third kappa shape index (κ3) is 6.27. The number of ether oxygens (including phenoxy) is 2. The lowest BCUT2D eigenvalue weighted by molar-refractivity contribution is -0.117. The van der Waals surface area contributed by atoms with Crippen LogP contribution in [0, 0.1) is 5.92 Å². The molecule has 0 aliphatic carbocycles. The minimum absolute atomic E-state index is 0.00670. The van der Waals surface area contributed by atoms with Gasteiger partial charge in [0.05, 0.1) is 13.2 Å². The first-order valence-corrected chi connectivity index (χ1v) is 9.08. The fourth-order valence-electron chi connectivity index (χ4n) is 2.91. The van der Waals surface area contributed by atoms with E-state index < -0.39 is 5.60 Å². The smallest absolute Gasteiger partial charge is 0.160 e. The molecule has 0 N–H and O–H groups in total. The third-order valence-corrected chi connectivity index (χ3v) is 4.70. The molecule has 134 valence electrons. The highest BCUT2D eigenvalue weighted by Gasteiger charge is 2.33. The largest absolute Gasteiger partial charge is 0.378 e. The van der Waals surface area contributed by atoms with E-state index in [2.05, 4.69) is 18.7 Å². The highest BCUT2D eigenvalue weighted by Crippen LogP contribution is 2.31. The summed E-state index contributed by atoms with van der Waals surface area (Å²) in [7, 11) is 1.76. The van der Waals surface area contributed by atoms with Crippen molar-refractivity contribution in [3.05, 3.63) is 11.8 Å². The van der Waals surface area contributed by atoms with Crippen LogP contribution in [0.1, 0.15) is 59.8 Å².